The van der Waals surface area contributed by atoms with Crippen molar-refractivity contribution in [3.63, 3.8) is 0 Å². The molecule has 1 aromatic heterocycles. The zero-order valence-corrected chi connectivity index (χ0v) is 13.0. The normalized spacial score (nSPS) is 23.2. The highest BCUT2D eigenvalue weighted by Gasteiger charge is 2.27. The van der Waals surface area contributed by atoms with Crippen LogP contribution in [0, 0.1) is 0 Å². The molecule has 1 aromatic rings. The lowest BCUT2D eigenvalue weighted by molar-refractivity contribution is 0.141. The molecule has 1 N–H and O–H groups in total. The third-order valence-electron chi connectivity index (χ3n) is 4.94. The molecule has 4 heteroatoms. The fourth-order valence-corrected chi connectivity index (χ4v) is 3.73. The highest BCUT2D eigenvalue weighted by Crippen LogP contribution is 2.28. The van der Waals surface area contributed by atoms with E-state index in [4.69, 9.17) is 0 Å². The second-order valence-electron chi connectivity index (χ2n) is 6.41. The van der Waals surface area contributed by atoms with E-state index in [-0.39, 0.29) is 0 Å². The van der Waals surface area contributed by atoms with E-state index < -0.39 is 6.10 Å². The van der Waals surface area contributed by atoms with Crippen LogP contribution in [0.2, 0.25) is 0 Å². The van der Waals surface area contributed by atoms with Crippen molar-refractivity contribution in [1.29, 1.82) is 0 Å². The second kappa shape index (κ2) is 6.75. The summed E-state index contributed by atoms with van der Waals surface area (Å²) in [7, 11) is 0. The predicted octanol–water partition coefficient (Wildman–Crippen LogP) is 2.59. The molecule has 0 radical (unpaired) electrons. The molecule has 3 rings (SSSR count). The summed E-state index contributed by atoms with van der Waals surface area (Å²) < 4.78 is 0. The van der Waals surface area contributed by atoms with Gasteiger partial charge in [0.1, 0.15) is 5.82 Å². The van der Waals surface area contributed by atoms with E-state index in [9.17, 15) is 5.11 Å². The lowest BCUT2D eigenvalue weighted by Crippen LogP contribution is -2.47. The number of rotatable bonds is 3. The Morgan fingerprint density at radius 1 is 1.14 bits per heavy atom. The highest BCUT2D eigenvalue weighted by atomic mass is 16.3. The standard InChI is InChI=1S/C17H27N3O/c1-14(21)16-6-5-9-18-17(16)20-12-7-15(8-13-20)19-10-3-2-4-11-19/h5-6,9,14-15,21H,2-4,7-8,10-13H2,1H3/t14-/m1/s1. The second-order valence-corrected chi connectivity index (χ2v) is 6.41. The molecule has 1 atom stereocenters. The quantitative estimate of drug-likeness (QED) is 0.928. The number of piperidine rings is 2. The van der Waals surface area contributed by atoms with Gasteiger partial charge in [0.05, 0.1) is 6.10 Å². The summed E-state index contributed by atoms with van der Waals surface area (Å²) in [4.78, 5) is 9.55. The molecule has 2 fully saturated rings. The Morgan fingerprint density at radius 3 is 2.52 bits per heavy atom. The maximum Gasteiger partial charge on any atom is 0.134 e. The van der Waals surface area contributed by atoms with E-state index in [1.807, 2.05) is 25.3 Å². The molecule has 21 heavy (non-hydrogen) atoms. The number of aromatic nitrogens is 1. The van der Waals surface area contributed by atoms with Gasteiger partial charge < -0.3 is 14.9 Å². The molecule has 0 aromatic carbocycles. The van der Waals surface area contributed by atoms with Crippen molar-refractivity contribution in [2.45, 2.75) is 51.2 Å². The van der Waals surface area contributed by atoms with Crippen LogP contribution in [0.1, 0.15) is 50.7 Å². The Bertz CT molecular complexity index is 449. The summed E-state index contributed by atoms with van der Waals surface area (Å²) in [5.74, 6) is 0.976. The molecule has 2 saturated heterocycles. The van der Waals surface area contributed by atoms with Crippen LogP contribution in [0.4, 0.5) is 5.82 Å². The summed E-state index contributed by atoms with van der Waals surface area (Å²) in [6.45, 7) is 6.50. The van der Waals surface area contributed by atoms with Crippen molar-refractivity contribution in [2.24, 2.45) is 0 Å². The largest absolute Gasteiger partial charge is 0.389 e. The van der Waals surface area contributed by atoms with E-state index in [0.717, 1.165) is 30.5 Å². The molecular formula is C17H27N3O. The Morgan fingerprint density at radius 2 is 1.86 bits per heavy atom. The van der Waals surface area contributed by atoms with Gasteiger partial charge in [0.25, 0.3) is 0 Å². The molecule has 0 aliphatic carbocycles. The Kier molecular flexibility index (Phi) is 4.76. The fraction of sp³-hybridized carbons (Fsp3) is 0.706. The Balaban J connectivity index is 1.63. The van der Waals surface area contributed by atoms with Crippen molar-refractivity contribution < 1.29 is 5.11 Å². The van der Waals surface area contributed by atoms with Gasteiger partial charge in [-0.05, 0) is 51.8 Å². The van der Waals surface area contributed by atoms with Crippen LogP contribution >= 0.6 is 0 Å². The van der Waals surface area contributed by atoms with E-state index in [2.05, 4.69) is 14.8 Å². The predicted molar refractivity (Wildman–Crippen MR) is 85.5 cm³/mol. The molecule has 4 nitrogen and oxygen atoms in total. The lowest BCUT2D eigenvalue weighted by atomic mass is 9.99. The first-order valence-electron chi connectivity index (χ1n) is 8.37. The zero-order valence-electron chi connectivity index (χ0n) is 13.0. The van der Waals surface area contributed by atoms with Crippen LogP contribution in [0.25, 0.3) is 0 Å². The number of likely N-dealkylation sites (tertiary alicyclic amines) is 1. The Labute approximate surface area is 127 Å². The highest BCUT2D eigenvalue weighted by molar-refractivity contribution is 5.48. The minimum atomic E-state index is -0.450. The lowest BCUT2D eigenvalue weighted by Gasteiger charge is -2.41. The summed E-state index contributed by atoms with van der Waals surface area (Å²) in [5, 5.41) is 9.92. The zero-order chi connectivity index (χ0) is 14.7. The van der Waals surface area contributed by atoms with Gasteiger partial charge in [-0.3, -0.25) is 0 Å². The van der Waals surface area contributed by atoms with Crippen molar-refractivity contribution in [1.82, 2.24) is 9.88 Å². The van der Waals surface area contributed by atoms with Gasteiger partial charge in [-0.1, -0.05) is 12.5 Å². The molecule has 0 spiro atoms. The van der Waals surface area contributed by atoms with Crippen molar-refractivity contribution in [2.75, 3.05) is 31.1 Å². The van der Waals surface area contributed by atoms with Crippen LogP contribution < -0.4 is 4.90 Å². The van der Waals surface area contributed by atoms with Crippen molar-refractivity contribution >= 4 is 5.82 Å². The van der Waals surface area contributed by atoms with Gasteiger partial charge >= 0.3 is 0 Å². The average molecular weight is 289 g/mol. The van der Waals surface area contributed by atoms with Gasteiger partial charge in [-0.2, -0.15) is 0 Å². The first-order chi connectivity index (χ1) is 10.3. The SMILES string of the molecule is C[C@@H](O)c1cccnc1N1CCC(N2CCCCC2)CC1. The van der Waals surface area contributed by atoms with E-state index in [1.165, 1.54) is 45.2 Å². The monoisotopic (exact) mass is 289 g/mol. The molecule has 116 valence electrons. The maximum atomic E-state index is 9.92. The minimum Gasteiger partial charge on any atom is -0.389 e. The van der Waals surface area contributed by atoms with Gasteiger partial charge in [-0.15, -0.1) is 0 Å². The van der Waals surface area contributed by atoms with Crippen LogP contribution in [0.5, 0.6) is 0 Å². The number of aliphatic hydroxyl groups excluding tert-OH is 1. The van der Waals surface area contributed by atoms with Crippen LogP contribution in [-0.2, 0) is 0 Å². The van der Waals surface area contributed by atoms with Crippen LogP contribution in [0.15, 0.2) is 18.3 Å². The molecule has 0 saturated carbocycles. The van der Waals surface area contributed by atoms with Gasteiger partial charge in [0.2, 0.25) is 0 Å². The number of nitrogens with zero attached hydrogens (tertiary/aromatic N) is 3. The van der Waals surface area contributed by atoms with Gasteiger partial charge in [-0.25, -0.2) is 4.98 Å². The van der Waals surface area contributed by atoms with Crippen molar-refractivity contribution in [3.8, 4) is 0 Å². The molecule has 0 unspecified atom stereocenters. The van der Waals surface area contributed by atoms with E-state index in [1.54, 1.807) is 0 Å². The van der Waals surface area contributed by atoms with Crippen LogP contribution in [-0.4, -0.2) is 47.2 Å². The molecule has 0 bridgehead atoms. The number of anilines is 1. The van der Waals surface area contributed by atoms with E-state index in [0.29, 0.717) is 0 Å². The number of aliphatic hydroxyl groups is 1. The van der Waals surface area contributed by atoms with Crippen LogP contribution in [0.3, 0.4) is 0 Å². The summed E-state index contributed by atoms with van der Waals surface area (Å²) in [5.41, 5.74) is 0.953. The molecule has 0 amide bonds. The first-order valence-corrected chi connectivity index (χ1v) is 8.37. The molecule has 3 heterocycles. The maximum absolute atomic E-state index is 9.92. The van der Waals surface area contributed by atoms with Gasteiger partial charge in [0, 0.05) is 30.9 Å². The summed E-state index contributed by atoms with van der Waals surface area (Å²) in [6, 6.07) is 4.65. The topological polar surface area (TPSA) is 39.6 Å². The molecule has 2 aliphatic rings. The fourth-order valence-electron chi connectivity index (χ4n) is 3.73. The molecule has 2 aliphatic heterocycles. The van der Waals surface area contributed by atoms with Crippen molar-refractivity contribution in [3.05, 3.63) is 23.9 Å². The number of hydrogen-bond donors (Lipinski definition) is 1. The number of hydrogen-bond acceptors (Lipinski definition) is 4. The third kappa shape index (κ3) is 3.38. The summed E-state index contributed by atoms with van der Waals surface area (Å²) in [6.07, 6.45) is 7.96. The Hall–Kier alpha value is -1.13. The minimum absolute atomic E-state index is 0.450. The number of pyridine rings is 1. The third-order valence-corrected chi connectivity index (χ3v) is 4.94. The molecular weight excluding hydrogens is 262 g/mol. The average Bonchev–Trinajstić information content (AvgIpc) is 2.56. The van der Waals surface area contributed by atoms with Gasteiger partial charge in [0.15, 0.2) is 0 Å². The first kappa shape index (κ1) is 14.8. The summed E-state index contributed by atoms with van der Waals surface area (Å²) >= 11 is 0. The van der Waals surface area contributed by atoms with E-state index >= 15 is 0 Å². The smallest absolute Gasteiger partial charge is 0.134 e.